The summed E-state index contributed by atoms with van der Waals surface area (Å²) >= 11 is 0. The second-order valence-corrected chi connectivity index (χ2v) is 4.26. The van der Waals surface area contributed by atoms with E-state index in [2.05, 4.69) is 14.9 Å². The fourth-order valence-electron chi connectivity index (χ4n) is 1.61. The third-order valence-corrected chi connectivity index (χ3v) is 2.63. The molecule has 0 spiro atoms. The van der Waals surface area contributed by atoms with Gasteiger partial charge in [-0.1, -0.05) is 0 Å². The summed E-state index contributed by atoms with van der Waals surface area (Å²) in [6.07, 6.45) is 6.61. The monoisotopic (exact) mass is 219 g/mol. The highest BCUT2D eigenvalue weighted by atomic mass is 15.3. The standard InChI is InChI=1S/C11H17N5/c1-8-6-14-11(15-7-8)16(9-2-3-9)5-4-10(12)13/h6-7,9H,2-5H2,1H3,(H3,12,13). The Kier molecular flexibility index (Phi) is 3.03. The molecule has 0 bridgehead atoms. The number of amidine groups is 1. The highest BCUT2D eigenvalue weighted by Crippen LogP contribution is 2.29. The van der Waals surface area contributed by atoms with Gasteiger partial charge in [0.15, 0.2) is 0 Å². The van der Waals surface area contributed by atoms with Crippen LogP contribution in [0.3, 0.4) is 0 Å². The lowest BCUT2D eigenvalue weighted by atomic mass is 10.3. The number of nitrogens with one attached hydrogen (secondary N) is 1. The summed E-state index contributed by atoms with van der Waals surface area (Å²) in [6, 6.07) is 0.544. The summed E-state index contributed by atoms with van der Waals surface area (Å²) in [7, 11) is 0. The lowest BCUT2D eigenvalue weighted by Crippen LogP contribution is -2.31. The predicted octanol–water partition coefficient (Wildman–Crippen LogP) is 1.08. The van der Waals surface area contributed by atoms with Gasteiger partial charge < -0.3 is 10.6 Å². The molecule has 2 rings (SSSR count). The molecule has 5 nitrogen and oxygen atoms in total. The van der Waals surface area contributed by atoms with Crippen molar-refractivity contribution in [1.29, 1.82) is 5.41 Å². The van der Waals surface area contributed by atoms with Crippen molar-refractivity contribution in [1.82, 2.24) is 9.97 Å². The number of nitrogens with zero attached hydrogens (tertiary/aromatic N) is 3. The molecular weight excluding hydrogens is 202 g/mol. The van der Waals surface area contributed by atoms with E-state index in [-0.39, 0.29) is 5.84 Å². The Labute approximate surface area is 95.2 Å². The normalized spacial score (nSPS) is 14.8. The first-order valence-corrected chi connectivity index (χ1v) is 5.55. The van der Waals surface area contributed by atoms with Gasteiger partial charge in [0.2, 0.25) is 5.95 Å². The average molecular weight is 219 g/mol. The SMILES string of the molecule is Cc1cnc(N(CCC(=N)N)C2CC2)nc1. The minimum absolute atomic E-state index is 0.220. The smallest absolute Gasteiger partial charge is 0.225 e. The molecule has 0 aliphatic heterocycles. The minimum Gasteiger partial charge on any atom is -0.388 e. The first kappa shape index (κ1) is 10.9. The summed E-state index contributed by atoms with van der Waals surface area (Å²) in [4.78, 5) is 10.8. The molecule has 1 heterocycles. The number of aromatic nitrogens is 2. The Bertz CT molecular complexity index is 368. The number of nitrogens with two attached hydrogens (primary N) is 1. The van der Waals surface area contributed by atoms with Crippen molar-refractivity contribution in [3.05, 3.63) is 18.0 Å². The number of hydrogen-bond acceptors (Lipinski definition) is 4. The summed E-state index contributed by atoms with van der Waals surface area (Å²) < 4.78 is 0. The van der Waals surface area contributed by atoms with E-state index in [4.69, 9.17) is 11.1 Å². The number of aryl methyl sites for hydroxylation is 1. The molecule has 0 aromatic carbocycles. The molecule has 3 N–H and O–H groups in total. The average Bonchev–Trinajstić information content (AvgIpc) is 3.04. The van der Waals surface area contributed by atoms with Crippen LogP contribution < -0.4 is 10.6 Å². The lowest BCUT2D eigenvalue weighted by Gasteiger charge is -2.21. The molecule has 1 aliphatic carbocycles. The van der Waals surface area contributed by atoms with Crippen molar-refractivity contribution in [2.75, 3.05) is 11.4 Å². The number of rotatable bonds is 5. The van der Waals surface area contributed by atoms with Gasteiger partial charge in [0.25, 0.3) is 0 Å². The van der Waals surface area contributed by atoms with Crippen LogP contribution in [0.15, 0.2) is 12.4 Å². The quantitative estimate of drug-likeness (QED) is 0.573. The summed E-state index contributed by atoms with van der Waals surface area (Å²) in [6.45, 7) is 2.71. The molecule has 5 heteroatoms. The van der Waals surface area contributed by atoms with Gasteiger partial charge in [0, 0.05) is 31.4 Å². The Hall–Kier alpha value is -1.65. The van der Waals surface area contributed by atoms with E-state index in [1.165, 1.54) is 12.8 Å². The van der Waals surface area contributed by atoms with E-state index in [1.807, 2.05) is 19.3 Å². The largest absolute Gasteiger partial charge is 0.388 e. The van der Waals surface area contributed by atoms with Gasteiger partial charge in [0.1, 0.15) is 0 Å². The molecule has 1 fully saturated rings. The maximum absolute atomic E-state index is 7.26. The molecule has 1 aromatic heterocycles. The van der Waals surface area contributed by atoms with Crippen LogP contribution in [0.1, 0.15) is 24.8 Å². The maximum atomic E-state index is 7.26. The van der Waals surface area contributed by atoms with E-state index in [0.29, 0.717) is 12.5 Å². The van der Waals surface area contributed by atoms with Gasteiger partial charge in [0.05, 0.1) is 5.84 Å². The van der Waals surface area contributed by atoms with Crippen LogP contribution in [0, 0.1) is 12.3 Å². The molecule has 0 amide bonds. The number of hydrogen-bond donors (Lipinski definition) is 2. The van der Waals surface area contributed by atoms with Crippen molar-refractivity contribution in [3.63, 3.8) is 0 Å². The van der Waals surface area contributed by atoms with E-state index < -0.39 is 0 Å². The van der Waals surface area contributed by atoms with Crippen molar-refractivity contribution in [2.45, 2.75) is 32.2 Å². The van der Waals surface area contributed by atoms with E-state index >= 15 is 0 Å². The second-order valence-electron chi connectivity index (χ2n) is 4.26. The summed E-state index contributed by atoms with van der Waals surface area (Å²) in [5, 5.41) is 7.26. The van der Waals surface area contributed by atoms with Crippen molar-refractivity contribution < 1.29 is 0 Å². The summed E-state index contributed by atoms with van der Waals surface area (Å²) in [5.41, 5.74) is 6.44. The van der Waals surface area contributed by atoms with Crippen molar-refractivity contribution in [3.8, 4) is 0 Å². The Morgan fingerprint density at radius 2 is 2.12 bits per heavy atom. The lowest BCUT2D eigenvalue weighted by molar-refractivity contribution is 0.762. The molecule has 0 saturated heterocycles. The zero-order chi connectivity index (χ0) is 11.5. The highest BCUT2D eigenvalue weighted by Gasteiger charge is 2.30. The molecule has 1 aliphatic rings. The second kappa shape index (κ2) is 4.47. The Morgan fingerprint density at radius 1 is 1.50 bits per heavy atom. The van der Waals surface area contributed by atoms with E-state index in [9.17, 15) is 0 Å². The highest BCUT2D eigenvalue weighted by molar-refractivity contribution is 5.77. The molecule has 0 unspecified atom stereocenters. The van der Waals surface area contributed by atoms with Gasteiger partial charge in [-0.25, -0.2) is 9.97 Å². The Balaban J connectivity index is 2.06. The minimum atomic E-state index is 0.220. The van der Waals surface area contributed by atoms with Gasteiger partial charge in [-0.2, -0.15) is 0 Å². The summed E-state index contributed by atoms with van der Waals surface area (Å²) in [5.74, 6) is 0.979. The van der Waals surface area contributed by atoms with Crippen LogP contribution in [0.25, 0.3) is 0 Å². The van der Waals surface area contributed by atoms with Crippen LogP contribution in [0.5, 0.6) is 0 Å². The molecule has 16 heavy (non-hydrogen) atoms. The van der Waals surface area contributed by atoms with Gasteiger partial charge in [-0.05, 0) is 25.3 Å². The number of anilines is 1. The van der Waals surface area contributed by atoms with Crippen LogP contribution in [0.2, 0.25) is 0 Å². The molecule has 1 aromatic rings. The molecule has 86 valence electrons. The third-order valence-electron chi connectivity index (χ3n) is 2.63. The molecule has 0 atom stereocenters. The molecule has 1 saturated carbocycles. The zero-order valence-corrected chi connectivity index (χ0v) is 9.48. The maximum Gasteiger partial charge on any atom is 0.225 e. The fourth-order valence-corrected chi connectivity index (χ4v) is 1.61. The molecule has 0 radical (unpaired) electrons. The van der Waals surface area contributed by atoms with Gasteiger partial charge in [-0.3, -0.25) is 5.41 Å². The van der Waals surface area contributed by atoms with Crippen LogP contribution in [0.4, 0.5) is 5.95 Å². The zero-order valence-electron chi connectivity index (χ0n) is 9.48. The third kappa shape index (κ3) is 2.68. The van der Waals surface area contributed by atoms with E-state index in [0.717, 1.165) is 18.1 Å². The van der Waals surface area contributed by atoms with Crippen LogP contribution >= 0.6 is 0 Å². The van der Waals surface area contributed by atoms with E-state index in [1.54, 1.807) is 0 Å². The van der Waals surface area contributed by atoms with Gasteiger partial charge >= 0.3 is 0 Å². The van der Waals surface area contributed by atoms with Crippen molar-refractivity contribution in [2.24, 2.45) is 5.73 Å². The molecular formula is C11H17N5. The van der Waals surface area contributed by atoms with Crippen LogP contribution in [-0.4, -0.2) is 28.4 Å². The van der Waals surface area contributed by atoms with Crippen LogP contribution in [-0.2, 0) is 0 Å². The Morgan fingerprint density at radius 3 is 2.62 bits per heavy atom. The first-order valence-electron chi connectivity index (χ1n) is 5.55. The fraction of sp³-hybridized carbons (Fsp3) is 0.545. The van der Waals surface area contributed by atoms with Gasteiger partial charge in [-0.15, -0.1) is 0 Å². The predicted molar refractivity (Wildman–Crippen MR) is 63.7 cm³/mol. The topological polar surface area (TPSA) is 78.9 Å². The van der Waals surface area contributed by atoms with Crippen molar-refractivity contribution >= 4 is 11.8 Å². The first-order chi connectivity index (χ1) is 7.66.